The zero-order chi connectivity index (χ0) is 27.7. The molecule has 1 aliphatic heterocycles. The molecule has 0 fully saturated rings. The molecule has 39 heavy (non-hydrogen) atoms. The topological polar surface area (TPSA) is 128 Å². The van der Waals surface area contributed by atoms with E-state index in [4.69, 9.17) is 4.74 Å². The molecular weight excluding hydrogens is 517 g/mol. The minimum absolute atomic E-state index is 0.0270. The number of benzene rings is 1. The summed E-state index contributed by atoms with van der Waals surface area (Å²) in [7, 11) is 0. The smallest absolute Gasteiger partial charge is 0.286 e. The van der Waals surface area contributed by atoms with Gasteiger partial charge in [0.25, 0.3) is 17.7 Å². The van der Waals surface area contributed by atoms with Gasteiger partial charge in [-0.3, -0.25) is 19.4 Å². The maximum Gasteiger partial charge on any atom is 0.286 e. The van der Waals surface area contributed by atoms with Crippen LogP contribution in [0.2, 0.25) is 0 Å². The second-order valence-corrected chi connectivity index (χ2v) is 9.01. The van der Waals surface area contributed by atoms with E-state index in [1.54, 1.807) is 18.2 Å². The van der Waals surface area contributed by atoms with Crippen LogP contribution in [0.15, 0.2) is 48.8 Å². The fourth-order valence-corrected chi connectivity index (χ4v) is 3.99. The van der Waals surface area contributed by atoms with Gasteiger partial charge in [0.1, 0.15) is 29.4 Å². The van der Waals surface area contributed by atoms with Crippen molar-refractivity contribution >= 4 is 23.2 Å². The predicted octanol–water partition coefficient (Wildman–Crippen LogP) is 2.74. The molecule has 0 radical (unpaired) electrons. The number of carbonyl (C=O) groups excluding carboxylic acids is 3. The Morgan fingerprint density at radius 3 is 2.54 bits per heavy atom. The van der Waals surface area contributed by atoms with Crippen molar-refractivity contribution in [2.75, 3.05) is 6.61 Å². The third-order valence-corrected chi connectivity index (χ3v) is 5.98. The first kappa shape index (κ1) is 25.8. The van der Waals surface area contributed by atoms with E-state index in [1.807, 2.05) is 0 Å². The summed E-state index contributed by atoms with van der Waals surface area (Å²) in [5, 5.41) is 9.08. The second kappa shape index (κ2) is 10.2. The number of amides is 2. The van der Waals surface area contributed by atoms with Crippen LogP contribution >= 0.6 is 0 Å². The summed E-state index contributed by atoms with van der Waals surface area (Å²) >= 11 is 0. The Kier molecular flexibility index (Phi) is 6.73. The summed E-state index contributed by atoms with van der Waals surface area (Å²) < 4.78 is 47.4. The monoisotopic (exact) mass is 538 g/mol. The highest BCUT2D eigenvalue weighted by atomic mass is 19.3. The van der Waals surface area contributed by atoms with Crippen LogP contribution in [0.4, 0.5) is 13.2 Å². The SMILES string of the molecule is CC(F)(F)c1ccc(CNC(=O)c2cc(C(=O)NCc3ccc4c(c3)CC(=O)CO4)nc3c(F)cnn23)cn1. The van der Waals surface area contributed by atoms with Gasteiger partial charge in [-0.15, -0.1) is 0 Å². The Bertz CT molecular complexity index is 1600. The van der Waals surface area contributed by atoms with Crippen molar-refractivity contribution < 1.29 is 32.3 Å². The molecule has 4 aromatic rings. The van der Waals surface area contributed by atoms with Crippen molar-refractivity contribution in [1.29, 1.82) is 0 Å². The van der Waals surface area contributed by atoms with Crippen LogP contribution < -0.4 is 15.4 Å². The van der Waals surface area contributed by atoms with Gasteiger partial charge in [0.15, 0.2) is 17.2 Å². The maximum absolute atomic E-state index is 14.3. The van der Waals surface area contributed by atoms with E-state index in [0.717, 1.165) is 23.7 Å². The van der Waals surface area contributed by atoms with E-state index >= 15 is 0 Å². The van der Waals surface area contributed by atoms with Crippen LogP contribution in [0, 0.1) is 5.82 Å². The highest BCUT2D eigenvalue weighted by molar-refractivity contribution is 5.98. The summed E-state index contributed by atoms with van der Waals surface area (Å²) in [6, 6.07) is 8.94. The molecule has 3 aromatic heterocycles. The number of nitrogens with one attached hydrogen (secondary N) is 2. The number of fused-ring (bicyclic) bond motifs is 2. The summed E-state index contributed by atoms with van der Waals surface area (Å²) in [6.07, 6.45) is 2.31. The molecule has 0 atom stereocenters. The van der Waals surface area contributed by atoms with Gasteiger partial charge in [-0.2, -0.15) is 13.9 Å². The Balaban J connectivity index is 1.31. The lowest BCUT2D eigenvalue weighted by molar-refractivity contribution is -0.121. The van der Waals surface area contributed by atoms with Crippen molar-refractivity contribution in [2.45, 2.75) is 32.4 Å². The number of rotatable bonds is 7. The number of halogens is 3. The van der Waals surface area contributed by atoms with Crippen molar-refractivity contribution in [3.63, 3.8) is 0 Å². The van der Waals surface area contributed by atoms with Gasteiger partial charge in [-0.05, 0) is 29.3 Å². The first-order valence-electron chi connectivity index (χ1n) is 11.8. The third kappa shape index (κ3) is 5.56. The number of Topliss-reactive ketones (excluding diaryl/α,β-unsaturated/α-hetero) is 1. The van der Waals surface area contributed by atoms with E-state index in [1.165, 1.54) is 18.3 Å². The molecule has 200 valence electrons. The van der Waals surface area contributed by atoms with Gasteiger partial charge < -0.3 is 15.4 Å². The predicted molar refractivity (Wildman–Crippen MR) is 130 cm³/mol. The molecule has 5 rings (SSSR count). The van der Waals surface area contributed by atoms with E-state index in [9.17, 15) is 27.6 Å². The van der Waals surface area contributed by atoms with Crippen LogP contribution in [0.5, 0.6) is 5.75 Å². The van der Waals surface area contributed by atoms with Crippen LogP contribution in [-0.4, -0.2) is 43.8 Å². The molecule has 1 aliphatic rings. The second-order valence-electron chi connectivity index (χ2n) is 9.01. The first-order valence-corrected chi connectivity index (χ1v) is 11.8. The number of carbonyl (C=O) groups is 3. The fraction of sp³-hybridized carbons (Fsp3) is 0.231. The third-order valence-electron chi connectivity index (χ3n) is 5.98. The zero-order valence-corrected chi connectivity index (χ0v) is 20.5. The maximum atomic E-state index is 14.3. The van der Waals surface area contributed by atoms with Crippen LogP contribution in [0.3, 0.4) is 0 Å². The summed E-state index contributed by atoms with van der Waals surface area (Å²) in [5.41, 5.74) is 0.745. The lowest BCUT2D eigenvalue weighted by Crippen LogP contribution is -2.28. The van der Waals surface area contributed by atoms with Gasteiger partial charge >= 0.3 is 0 Å². The first-order chi connectivity index (χ1) is 18.6. The zero-order valence-electron chi connectivity index (χ0n) is 20.5. The molecule has 4 heterocycles. The van der Waals surface area contributed by atoms with E-state index in [0.29, 0.717) is 22.4 Å². The molecule has 0 saturated heterocycles. The average Bonchev–Trinajstić information content (AvgIpc) is 3.29. The van der Waals surface area contributed by atoms with Crippen molar-refractivity contribution in [2.24, 2.45) is 0 Å². The number of aromatic nitrogens is 4. The molecule has 0 bridgehead atoms. The number of alkyl halides is 2. The summed E-state index contributed by atoms with van der Waals surface area (Å²) in [6.45, 7) is 0.767. The molecular formula is C26H21F3N6O4. The number of pyridine rings is 1. The molecule has 0 aliphatic carbocycles. The molecule has 10 nitrogen and oxygen atoms in total. The Hall–Kier alpha value is -4.81. The number of hydrogen-bond donors (Lipinski definition) is 2. The van der Waals surface area contributed by atoms with Gasteiger partial charge in [-0.25, -0.2) is 13.9 Å². The van der Waals surface area contributed by atoms with E-state index in [2.05, 4.69) is 25.7 Å². The summed E-state index contributed by atoms with van der Waals surface area (Å²) in [4.78, 5) is 45.2. The Morgan fingerprint density at radius 1 is 1.05 bits per heavy atom. The number of ketones is 1. The van der Waals surface area contributed by atoms with Crippen molar-refractivity contribution in [1.82, 2.24) is 30.2 Å². The minimum atomic E-state index is -3.10. The van der Waals surface area contributed by atoms with Gasteiger partial charge in [0, 0.05) is 44.3 Å². The molecule has 0 unspecified atom stereocenters. The Morgan fingerprint density at radius 2 is 1.79 bits per heavy atom. The van der Waals surface area contributed by atoms with Crippen LogP contribution in [0.25, 0.3) is 5.65 Å². The number of ether oxygens (including phenoxy) is 1. The molecule has 1 aromatic carbocycles. The molecule has 13 heteroatoms. The number of hydrogen-bond acceptors (Lipinski definition) is 7. The normalized spacial score (nSPS) is 13.1. The van der Waals surface area contributed by atoms with E-state index in [-0.39, 0.29) is 48.9 Å². The van der Waals surface area contributed by atoms with E-state index < -0.39 is 29.2 Å². The number of nitrogens with zero attached hydrogens (tertiary/aromatic N) is 4. The molecule has 2 N–H and O–H groups in total. The van der Waals surface area contributed by atoms with Crippen molar-refractivity contribution in [3.05, 3.63) is 88.4 Å². The fourth-order valence-electron chi connectivity index (χ4n) is 3.99. The average molecular weight is 538 g/mol. The van der Waals surface area contributed by atoms with Crippen LogP contribution in [0.1, 0.15) is 50.3 Å². The quantitative estimate of drug-likeness (QED) is 0.370. The van der Waals surface area contributed by atoms with Crippen molar-refractivity contribution in [3.8, 4) is 5.75 Å². The lowest BCUT2D eigenvalue weighted by Gasteiger charge is -2.17. The molecule has 0 spiro atoms. The van der Waals surface area contributed by atoms with Gasteiger partial charge in [-0.1, -0.05) is 12.1 Å². The highest BCUT2D eigenvalue weighted by Crippen LogP contribution is 2.25. The largest absolute Gasteiger partial charge is 0.486 e. The summed E-state index contributed by atoms with van der Waals surface area (Å²) in [5.74, 6) is -4.75. The minimum Gasteiger partial charge on any atom is -0.486 e. The Labute approximate surface area is 219 Å². The molecule has 2 amide bonds. The standard InChI is InChI=1S/C26H21F3N6O4/c1-26(28,29)22-5-3-15(10-30-22)11-32-25(38)20-8-19(34-23-18(27)12-33-35(20)23)24(37)31-9-14-2-4-21-16(6-14)7-17(36)13-39-21/h2-6,8,10,12H,7,9,11,13H2,1H3,(H,31,37)(H,32,38). The lowest BCUT2D eigenvalue weighted by atomic mass is 10.0. The molecule has 0 saturated carbocycles. The highest BCUT2D eigenvalue weighted by Gasteiger charge is 2.26. The van der Waals surface area contributed by atoms with Gasteiger partial charge in [0.05, 0.1) is 6.20 Å². The van der Waals surface area contributed by atoms with Crippen LogP contribution in [-0.2, 0) is 30.2 Å². The van der Waals surface area contributed by atoms with Gasteiger partial charge in [0.2, 0.25) is 0 Å².